The van der Waals surface area contributed by atoms with E-state index in [0.717, 1.165) is 76.5 Å². The highest BCUT2D eigenvalue weighted by Gasteiger charge is 2.34. The van der Waals surface area contributed by atoms with Crippen LogP contribution >= 0.6 is 0 Å². The number of ether oxygens (including phenoxy) is 1. The van der Waals surface area contributed by atoms with Crippen molar-refractivity contribution in [2.45, 2.75) is 37.9 Å². The second kappa shape index (κ2) is 9.82. The molecule has 2 aromatic rings. The summed E-state index contributed by atoms with van der Waals surface area (Å²) in [5.74, 6) is 0. The molecule has 2 aromatic carbocycles. The van der Waals surface area contributed by atoms with E-state index in [4.69, 9.17) is 4.74 Å². The monoisotopic (exact) mass is 491 g/mol. The van der Waals surface area contributed by atoms with Crippen LogP contribution in [-0.2, 0) is 24.1 Å². The molecule has 192 valence electrons. The van der Waals surface area contributed by atoms with Crippen molar-refractivity contribution >= 4 is 23.2 Å². The standard InChI is InChI=1S/C28H37N5O3/c1-30(26-9-2-5-20-7-4-10-29-27(20)26)17-22-15-24-21(16-33(22)28(34)35)6-3-8-25(24)32-13-11-31(12-14-32)23-18-36-19-23/h2-3,5-6,8-9,22-23,29H,4,7,10-19H2,1H3,(H,34,35). The van der Waals surface area contributed by atoms with Crippen LogP contribution < -0.4 is 15.1 Å². The number of aryl methyl sites for hydroxylation is 1. The fourth-order valence-electron chi connectivity index (χ4n) is 6.33. The quantitative estimate of drug-likeness (QED) is 0.666. The molecule has 0 bridgehead atoms. The first-order chi connectivity index (χ1) is 17.6. The number of para-hydroxylation sites is 1. The Morgan fingerprint density at radius 2 is 1.89 bits per heavy atom. The van der Waals surface area contributed by atoms with E-state index in [1.807, 2.05) is 0 Å². The van der Waals surface area contributed by atoms with Gasteiger partial charge in [-0.1, -0.05) is 24.3 Å². The van der Waals surface area contributed by atoms with Crippen LogP contribution in [-0.4, -0.2) is 92.6 Å². The van der Waals surface area contributed by atoms with Gasteiger partial charge in [-0.05, 0) is 48.1 Å². The summed E-state index contributed by atoms with van der Waals surface area (Å²) in [6, 6.07) is 13.4. The lowest BCUT2D eigenvalue weighted by atomic mass is 9.91. The molecule has 2 fully saturated rings. The van der Waals surface area contributed by atoms with Crippen molar-refractivity contribution in [3.63, 3.8) is 0 Å². The van der Waals surface area contributed by atoms with Crippen LogP contribution in [0.1, 0.15) is 23.1 Å². The maximum absolute atomic E-state index is 12.3. The molecular formula is C28H37N5O3. The Labute approximate surface area is 213 Å². The van der Waals surface area contributed by atoms with Crippen LogP contribution in [0, 0.1) is 0 Å². The molecule has 4 aliphatic heterocycles. The topological polar surface area (TPSA) is 71.5 Å². The summed E-state index contributed by atoms with van der Waals surface area (Å²) >= 11 is 0. The first-order valence-corrected chi connectivity index (χ1v) is 13.3. The van der Waals surface area contributed by atoms with E-state index in [0.29, 0.717) is 19.1 Å². The van der Waals surface area contributed by atoms with Gasteiger partial charge in [0.05, 0.1) is 36.7 Å². The minimum absolute atomic E-state index is 0.103. The predicted molar refractivity (Wildman–Crippen MR) is 142 cm³/mol. The van der Waals surface area contributed by atoms with Crippen LogP contribution in [0.3, 0.4) is 0 Å². The molecule has 0 aliphatic carbocycles. The first kappa shape index (κ1) is 23.4. The number of hydrogen-bond donors (Lipinski definition) is 2. The molecule has 8 nitrogen and oxygen atoms in total. The number of carboxylic acid groups (broad SMARTS) is 1. The molecule has 0 radical (unpaired) electrons. The molecule has 8 heteroatoms. The Bertz CT molecular complexity index is 1110. The summed E-state index contributed by atoms with van der Waals surface area (Å²) in [7, 11) is 2.09. The molecule has 1 atom stereocenters. The Morgan fingerprint density at radius 1 is 1.11 bits per heavy atom. The zero-order valence-electron chi connectivity index (χ0n) is 21.2. The maximum Gasteiger partial charge on any atom is 0.407 e. The van der Waals surface area contributed by atoms with Crippen LogP contribution in [0.5, 0.6) is 0 Å². The first-order valence-electron chi connectivity index (χ1n) is 13.3. The number of likely N-dealkylation sites (N-methyl/N-ethyl adjacent to an activating group) is 1. The predicted octanol–water partition coefficient (Wildman–Crippen LogP) is 3.11. The summed E-state index contributed by atoms with van der Waals surface area (Å²) in [6.07, 6.45) is 2.14. The number of rotatable bonds is 5. The Hall–Kier alpha value is -2.97. The zero-order valence-corrected chi connectivity index (χ0v) is 21.2. The van der Waals surface area contributed by atoms with Gasteiger partial charge in [-0.3, -0.25) is 9.80 Å². The Balaban J connectivity index is 1.22. The van der Waals surface area contributed by atoms with Gasteiger partial charge in [0, 0.05) is 58.5 Å². The minimum atomic E-state index is -0.839. The van der Waals surface area contributed by atoms with Gasteiger partial charge in [0.1, 0.15) is 0 Å². The number of amides is 1. The fourth-order valence-corrected chi connectivity index (χ4v) is 6.33. The lowest BCUT2D eigenvalue weighted by Gasteiger charge is -2.44. The van der Waals surface area contributed by atoms with E-state index in [9.17, 15) is 9.90 Å². The van der Waals surface area contributed by atoms with Gasteiger partial charge >= 0.3 is 6.09 Å². The summed E-state index contributed by atoms with van der Waals surface area (Å²) in [4.78, 5) is 21.2. The van der Waals surface area contributed by atoms with Gasteiger partial charge in [-0.25, -0.2) is 4.79 Å². The molecule has 2 N–H and O–H groups in total. The van der Waals surface area contributed by atoms with E-state index in [-0.39, 0.29) is 6.04 Å². The smallest absolute Gasteiger partial charge is 0.407 e. The molecule has 0 spiro atoms. The number of benzene rings is 2. The number of nitrogens with one attached hydrogen (secondary N) is 1. The van der Waals surface area contributed by atoms with Crippen molar-refractivity contribution in [1.29, 1.82) is 0 Å². The second-order valence-electron chi connectivity index (χ2n) is 10.6. The molecule has 2 saturated heterocycles. The lowest BCUT2D eigenvalue weighted by Crippen LogP contribution is -2.57. The molecule has 0 saturated carbocycles. The van der Waals surface area contributed by atoms with Crippen LogP contribution in [0.2, 0.25) is 0 Å². The molecule has 1 amide bonds. The van der Waals surface area contributed by atoms with Gasteiger partial charge in [0.25, 0.3) is 0 Å². The molecule has 0 aromatic heterocycles. The molecule has 6 rings (SSSR count). The average Bonchev–Trinajstić information content (AvgIpc) is 2.87. The number of fused-ring (bicyclic) bond motifs is 2. The third-order valence-electron chi connectivity index (χ3n) is 8.46. The largest absolute Gasteiger partial charge is 0.465 e. The Morgan fingerprint density at radius 3 is 2.64 bits per heavy atom. The minimum Gasteiger partial charge on any atom is -0.465 e. The van der Waals surface area contributed by atoms with Crippen molar-refractivity contribution < 1.29 is 14.6 Å². The molecule has 4 aliphatic rings. The van der Waals surface area contributed by atoms with E-state index in [1.165, 1.54) is 22.5 Å². The molecule has 1 unspecified atom stereocenters. The third-order valence-corrected chi connectivity index (χ3v) is 8.46. The SMILES string of the molecule is CN(CC1Cc2c(cccc2N2CCN(C3COC3)CC2)CN1C(=O)O)c1cccc2c1NCCC2. The van der Waals surface area contributed by atoms with Crippen LogP contribution in [0.4, 0.5) is 21.9 Å². The number of carbonyl (C=O) groups is 1. The summed E-state index contributed by atoms with van der Waals surface area (Å²) in [5, 5.41) is 13.7. The molecular weight excluding hydrogens is 454 g/mol. The summed E-state index contributed by atoms with van der Waals surface area (Å²) in [5.41, 5.74) is 7.47. The zero-order chi connectivity index (χ0) is 24.6. The van der Waals surface area contributed by atoms with Crippen LogP contribution in [0.25, 0.3) is 0 Å². The highest BCUT2D eigenvalue weighted by molar-refractivity contribution is 5.75. The van der Waals surface area contributed by atoms with E-state index >= 15 is 0 Å². The van der Waals surface area contributed by atoms with Crippen molar-refractivity contribution in [2.75, 3.05) is 74.6 Å². The summed E-state index contributed by atoms with van der Waals surface area (Å²) < 4.78 is 5.39. The normalized spacial score (nSPS) is 22.3. The lowest BCUT2D eigenvalue weighted by molar-refractivity contribution is -0.0660. The second-order valence-corrected chi connectivity index (χ2v) is 10.6. The van der Waals surface area contributed by atoms with Gasteiger partial charge < -0.3 is 25.0 Å². The van der Waals surface area contributed by atoms with E-state index < -0.39 is 6.09 Å². The van der Waals surface area contributed by atoms with E-state index in [2.05, 4.69) is 63.5 Å². The fraction of sp³-hybridized carbons (Fsp3) is 0.536. The van der Waals surface area contributed by atoms with Gasteiger partial charge in [-0.15, -0.1) is 0 Å². The third kappa shape index (κ3) is 4.37. The van der Waals surface area contributed by atoms with Gasteiger partial charge in [-0.2, -0.15) is 0 Å². The van der Waals surface area contributed by atoms with Crippen molar-refractivity contribution in [1.82, 2.24) is 9.80 Å². The molecule has 4 heterocycles. The van der Waals surface area contributed by atoms with Crippen molar-refractivity contribution in [2.24, 2.45) is 0 Å². The van der Waals surface area contributed by atoms with E-state index in [1.54, 1.807) is 4.90 Å². The van der Waals surface area contributed by atoms with Crippen LogP contribution in [0.15, 0.2) is 36.4 Å². The van der Waals surface area contributed by atoms with Gasteiger partial charge in [0.15, 0.2) is 0 Å². The van der Waals surface area contributed by atoms with Crippen molar-refractivity contribution in [3.05, 3.63) is 53.1 Å². The molecule has 36 heavy (non-hydrogen) atoms. The number of nitrogens with zero attached hydrogens (tertiary/aromatic N) is 4. The summed E-state index contributed by atoms with van der Waals surface area (Å²) in [6.45, 7) is 7.93. The average molecular weight is 492 g/mol. The maximum atomic E-state index is 12.3. The number of piperazine rings is 1. The highest BCUT2D eigenvalue weighted by Crippen LogP contribution is 2.36. The number of anilines is 3. The van der Waals surface area contributed by atoms with Gasteiger partial charge in [0.2, 0.25) is 0 Å². The Kier molecular flexibility index (Phi) is 6.39. The number of hydrogen-bond acceptors (Lipinski definition) is 6. The van der Waals surface area contributed by atoms with Crippen molar-refractivity contribution in [3.8, 4) is 0 Å². The highest BCUT2D eigenvalue weighted by atomic mass is 16.5.